The maximum Gasteiger partial charge on any atom is 0.160 e. The lowest BCUT2D eigenvalue weighted by atomic mass is 9.99. The Morgan fingerprint density at radius 1 is 1.31 bits per heavy atom. The van der Waals surface area contributed by atoms with E-state index in [2.05, 4.69) is 20.4 Å². The maximum absolute atomic E-state index is 11.6. The van der Waals surface area contributed by atoms with Crippen LogP contribution in [0.3, 0.4) is 0 Å². The van der Waals surface area contributed by atoms with Crippen molar-refractivity contribution in [1.29, 1.82) is 0 Å². The summed E-state index contributed by atoms with van der Waals surface area (Å²) in [5.41, 5.74) is 1.01. The van der Waals surface area contributed by atoms with E-state index in [1.54, 1.807) is 30.4 Å². The molecule has 3 heteroatoms. The normalized spacial score (nSPS) is 11.8. The highest BCUT2D eigenvalue weighted by molar-refractivity contribution is 8.19. The molecule has 0 aromatic carbocycles. The van der Waals surface area contributed by atoms with Gasteiger partial charge in [-0.05, 0) is 30.9 Å². The molecule has 0 spiro atoms. The molecule has 0 saturated carbocycles. The van der Waals surface area contributed by atoms with Gasteiger partial charge in [-0.3, -0.25) is 4.79 Å². The highest BCUT2D eigenvalue weighted by atomic mass is 32.2. The molecule has 0 radical (unpaired) electrons. The lowest BCUT2D eigenvalue weighted by Crippen LogP contribution is -2.33. The smallest absolute Gasteiger partial charge is 0.160 e. The maximum atomic E-state index is 11.6. The highest BCUT2D eigenvalue weighted by Crippen LogP contribution is 2.43. The minimum Gasteiger partial charge on any atom is -0.297 e. The molecule has 0 bridgehead atoms. The van der Waals surface area contributed by atoms with E-state index in [4.69, 9.17) is 0 Å². The summed E-state index contributed by atoms with van der Waals surface area (Å²) < 4.78 is -0.436. The Morgan fingerprint density at radius 2 is 1.69 bits per heavy atom. The largest absolute Gasteiger partial charge is 0.297 e. The van der Waals surface area contributed by atoms with Crippen molar-refractivity contribution >= 4 is 29.3 Å². The zero-order valence-electron chi connectivity index (χ0n) is 9.01. The van der Waals surface area contributed by atoms with Crippen LogP contribution in [0.15, 0.2) is 12.2 Å². The summed E-state index contributed by atoms with van der Waals surface area (Å²) >= 11 is 3.15. The van der Waals surface area contributed by atoms with E-state index in [-0.39, 0.29) is 5.78 Å². The van der Waals surface area contributed by atoms with Crippen molar-refractivity contribution in [3.8, 4) is 0 Å². The summed E-state index contributed by atoms with van der Waals surface area (Å²) in [6, 6.07) is 0. The van der Waals surface area contributed by atoms with Crippen LogP contribution in [0.2, 0.25) is 0 Å². The fraction of sp³-hybridized carbons (Fsp3) is 0.700. The van der Waals surface area contributed by atoms with Crippen LogP contribution in [0.5, 0.6) is 0 Å². The molecule has 1 nitrogen and oxygen atoms in total. The average molecular weight is 218 g/mol. The van der Waals surface area contributed by atoms with Crippen LogP contribution in [-0.4, -0.2) is 22.4 Å². The second-order valence-corrected chi connectivity index (χ2v) is 5.56. The molecule has 0 saturated heterocycles. The number of Topliss-reactive ketones (excluding diaryl/α,β-unsaturated/α-hetero) is 1. The van der Waals surface area contributed by atoms with E-state index in [1.165, 1.54) is 0 Å². The molecular formula is C10H18OS2. The van der Waals surface area contributed by atoms with Gasteiger partial charge >= 0.3 is 0 Å². The predicted molar refractivity (Wildman–Crippen MR) is 64.4 cm³/mol. The molecule has 0 amide bonds. The topological polar surface area (TPSA) is 17.1 Å². The number of hydrogen-bond acceptors (Lipinski definition) is 3. The Kier molecular flexibility index (Phi) is 5.15. The Balaban J connectivity index is 4.98. The lowest BCUT2D eigenvalue weighted by Gasteiger charge is -2.31. The highest BCUT2D eigenvalue weighted by Gasteiger charge is 2.37. The SMILES string of the molecule is C=C(C(C)C)C(SC)(SC)C(C)=O. The van der Waals surface area contributed by atoms with Crippen molar-refractivity contribution in [3.63, 3.8) is 0 Å². The number of carbonyl (C=O) groups excluding carboxylic acids is 1. The van der Waals surface area contributed by atoms with Gasteiger partial charge in [0.15, 0.2) is 5.78 Å². The molecule has 76 valence electrons. The van der Waals surface area contributed by atoms with Crippen molar-refractivity contribution in [2.24, 2.45) is 5.92 Å². The first-order valence-electron chi connectivity index (χ1n) is 4.23. The van der Waals surface area contributed by atoms with Crippen LogP contribution >= 0.6 is 23.5 Å². The molecular weight excluding hydrogens is 200 g/mol. The molecule has 0 heterocycles. The molecule has 0 aliphatic carbocycles. The average Bonchev–Trinajstić information content (AvgIpc) is 2.06. The Bertz CT molecular complexity index is 205. The zero-order valence-corrected chi connectivity index (χ0v) is 10.6. The van der Waals surface area contributed by atoms with Gasteiger partial charge in [-0.2, -0.15) is 0 Å². The number of rotatable bonds is 5. The van der Waals surface area contributed by atoms with Gasteiger partial charge in [0.2, 0.25) is 0 Å². The van der Waals surface area contributed by atoms with Crippen LogP contribution in [0.1, 0.15) is 20.8 Å². The summed E-state index contributed by atoms with van der Waals surface area (Å²) in [5, 5.41) is 0. The van der Waals surface area contributed by atoms with Crippen molar-refractivity contribution in [2.45, 2.75) is 24.9 Å². The van der Waals surface area contributed by atoms with Crippen molar-refractivity contribution < 1.29 is 4.79 Å². The molecule has 13 heavy (non-hydrogen) atoms. The molecule has 0 fully saturated rings. The van der Waals surface area contributed by atoms with E-state index in [0.29, 0.717) is 5.92 Å². The first-order chi connectivity index (χ1) is 5.92. The summed E-state index contributed by atoms with van der Waals surface area (Å²) in [5.74, 6) is 0.537. The Morgan fingerprint density at radius 3 is 1.77 bits per heavy atom. The molecule has 0 aromatic rings. The van der Waals surface area contributed by atoms with Gasteiger partial charge in [0.25, 0.3) is 0 Å². The summed E-state index contributed by atoms with van der Waals surface area (Å²) in [6.45, 7) is 9.82. The minimum atomic E-state index is -0.436. The third kappa shape index (κ3) is 2.53. The number of ketones is 1. The predicted octanol–water partition coefficient (Wildman–Crippen LogP) is 3.21. The molecule has 0 aromatic heterocycles. The number of hydrogen-bond donors (Lipinski definition) is 0. The van der Waals surface area contributed by atoms with E-state index in [0.717, 1.165) is 5.57 Å². The van der Waals surface area contributed by atoms with Crippen LogP contribution < -0.4 is 0 Å². The van der Waals surface area contributed by atoms with Gasteiger partial charge in [0, 0.05) is 0 Å². The van der Waals surface area contributed by atoms with Crippen LogP contribution in [-0.2, 0) is 4.79 Å². The Labute approximate surface area is 89.7 Å². The molecule has 0 aliphatic rings. The van der Waals surface area contributed by atoms with E-state index in [9.17, 15) is 4.79 Å². The quantitative estimate of drug-likeness (QED) is 0.521. The van der Waals surface area contributed by atoms with Crippen LogP contribution in [0.4, 0.5) is 0 Å². The first kappa shape index (κ1) is 13.1. The monoisotopic (exact) mass is 218 g/mol. The molecule has 0 N–H and O–H groups in total. The van der Waals surface area contributed by atoms with Crippen molar-refractivity contribution in [2.75, 3.05) is 12.5 Å². The molecule has 0 unspecified atom stereocenters. The number of carbonyl (C=O) groups is 1. The van der Waals surface area contributed by atoms with Gasteiger partial charge in [0.1, 0.15) is 4.08 Å². The van der Waals surface area contributed by atoms with Gasteiger partial charge in [-0.15, -0.1) is 23.5 Å². The summed E-state index contributed by atoms with van der Waals surface area (Å²) in [7, 11) is 0. The standard InChI is InChI=1S/C10H18OS2/c1-7(2)8(3)10(12-5,13-6)9(4)11/h7H,3H2,1-2,4-6H3. The van der Waals surface area contributed by atoms with Gasteiger partial charge < -0.3 is 0 Å². The number of thioether (sulfide) groups is 2. The van der Waals surface area contributed by atoms with Crippen LogP contribution in [0.25, 0.3) is 0 Å². The van der Waals surface area contributed by atoms with Gasteiger partial charge in [-0.1, -0.05) is 20.4 Å². The third-order valence-electron chi connectivity index (χ3n) is 2.16. The minimum absolute atomic E-state index is 0.186. The molecule has 0 aliphatic heterocycles. The first-order valence-corrected chi connectivity index (χ1v) is 6.68. The fourth-order valence-electron chi connectivity index (χ4n) is 1.24. The Hall–Kier alpha value is 0.110. The zero-order chi connectivity index (χ0) is 10.6. The van der Waals surface area contributed by atoms with Gasteiger partial charge in [-0.25, -0.2) is 0 Å². The van der Waals surface area contributed by atoms with E-state index < -0.39 is 4.08 Å². The summed E-state index contributed by atoms with van der Waals surface area (Å²) in [6.07, 6.45) is 3.93. The molecule has 0 rings (SSSR count). The lowest BCUT2D eigenvalue weighted by molar-refractivity contribution is -0.116. The van der Waals surface area contributed by atoms with Gasteiger partial charge in [0.05, 0.1) is 0 Å². The van der Waals surface area contributed by atoms with Crippen molar-refractivity contribution in [1.82, 2.24) is 0 Å². The third-order valence-corrected chi connectivity index (χ3v) is 5.41. The second kappa shape index (κ2) is 5.11. The second-order valence-electron chi connectivity index (χ2n) is 3.26. The fourth-order valence-corrected chi connectivity index (χ4v) is 3.48. The van der Waals surface area contributed by atoms with Crippen molar-refractivity contribution in [3.05, 3.63) is 12.2 Å². The van der Waals surface area contributed by atoms with Crippen LogP contribution in [0, 0.1) is 5.92 Å². The van der Waals surface area contributed by atoms with E-state index in [1.807, 2.05) is 12.5 Å². The molecule has 0 atom stereocenters. The van der Waals surface area contributed by atoms with E-state index >= 15 is 0 Å². The summed E-state index contributed by atoms with van der Waals surface area (Å²) in [4.78, 5) is 11.6.